The van der Waals surface area contributed by atoms with Crippen molar-refractivity contribution in [3.63, 3.8) is 0 Å². The monoisotopic (exact) mass is 334 g/mol. The zero-order valence-electron chi connectivity index (χ0n) is 15.4. The van der Waals surface area contributed by atoms with Crippen molar-refractivity contribution in [1.82, 2.24) is 0 Å². The fraction of sp³-hybridized carbons (Fsp3) is 0.778. The van der Waals surface area contributed by atoms with Crippen LogP contribution in [0, 0.1) is 23.3 Å². The molecule has 1 fully saturated rings. The van der Waals surface area contributed by atoms with Crippen molar-refractivity contribution in [3.05, 3.63) is 23.8 Å². The Morgan fingerprint density at radius 3 is 1.95 bits per heavy atom. The van der Waals surface area contributed by atoms with Crippen molar-refractivity contribution in [3.8, 4) is 0 Å². The average Bonchev–Trinajstić information content (AvgIpc) is 2.27. The molecule has 0 N–H and O–H groups in total. The summed E-state index contributed by atoms with van der Waals surface area (Å²) < 4.78 is 0. The molecule has 1 aliphatic carbocycles. The van der Waals surface area contributed by atoms with Crippen LogP contribution in [0.1, 0.15) is 73.6 Å². The molecule has 0 radical (unpaired) electrons. The molecule has 1 nitrogen and oxygen atoms in total. The minimum atomic E-state index is -0.569. The molecule has 1 aliphatic rings. The van der Waals surface area contributed by atoms with Gasteiger partial charge in [-0.05, 0) is 0 Å². The Balaban J connectivity index is -0.000000482. The van der Waals surface area contributed by atoms with E-state index in [1.807, 2.05) is 0 Å². The van der Waals surface area contributed by atoms with Crippen LogP contribution in [0.2, 0.25) is 0 Å². The Morgan fingerprint density at radius 2 is 1.57 bits per heavy atom. The summed E-state index contributed by atoms with van der Waals surface area (Å²) in [5, 5.41) is 11.8. The number of rotatable bonds is 2. The van der Waals surface area contributed by atoms with Gasteiger partial charge in [-0.2, -0.15) is 26.9 Å². The summed E-state index contributed by atoms with van der Waals surface area (Å²) in [7, 11) is 0. The van der Waals surface area contributed by atoms with Crippen molar-refractivity contribution in [2.45, 2.75) is 79.8 Å². The molecule has 1 atom stereocenters. The molecule has 0 heterocycles. The Kier molecular flexibility index (Phi) is 18.1. The summed E-state index contributed by atoms with van der Waals surface area (Å²) in [5.41, 5.74) is 2.94. The van der Waals surface area contributed by atoms with Gasteiger partial charge in [0.1, 0.15) is 0 Å². The predicted octanol–water partition coefficient (Wildman–Crippen LogP) is 1.48. The smallest absolute Gasteiger partial charge is 0.862 e. The van der Waals surface area contributed by atoms with Crippen LogP contribution in [0.5, 0.6) is 0 Å². The molecule has 21 heavy (non-hydrogen) atoms. The van der Waals surface area contributed by atoms with Crippen molar-refractivity contribution < 1.29 is 43.4 Å². The van der Waals surface area contributed by atoms with E-state index in [0.29, 0.717) is 5.92 Å². The maximum atomic E-state index is 11.8. The summed E-state index contributed by atoms with van der Waals surface area (Å²) in [6.45, 7) is 12.4. The molecule has 0 bridgehead atoms. The van der Waals surface area contributed by atoms with E-state index in [0.717, 1.165) is 12.8 Å². The third kappa shape index (κ3) is 18.7. The fourth-order valence-corrected chi connectivity index (χ4v) is 1.94. The van der Waals surface area contributed by atoms with Gasteiger partial charge >= 0.3 is 38.3 Å². The molecule has 0 saturated heterocycles. The summed E-state index contributed by atoms with van der Waals surface area (Å²) in [6.07, 6.45) is 10.1. The second-order valence-corrected chi connectivity index (χ2v) is 7.05. The zero-order chi connectivity index (χ0) is 14.9. The van der Waals surface area contributed by atoms with Crippen molar-refractivity contribution in [2.24, 2.45) is 11.3 Å². The first-order valence-electron chi connectivity index (χ1n) is 7.51. The van der Waals surface area contributed by atoms with Gasteiger partial charge in [0.15, 0.2) is 0 Å². The van der Waals surface area contributed by atoms with E-state index in [-0.39, 0.29) is 43.8 Å². The minimum Gasteiger partial charge on any atom is -0.862 e. The van der Waals surface area contributed by atoms with Gasteiger partial charge in [-0.3, -0.25) is 0 Å². The van der Waals surface area contributed by atoms with Crippen LogP contribution in [0.25, 0.3) is 0 Å². The van der Waals surface area contributed by atoms with Crippen LogP contribution in [0.3, 0.4) is 0 Å². The summed E-state index contributed by atoms with van der Waals surface area (Å²) in [5.74, 6) is 1.76. The molecule has 3 heteroatoms. The molecule has 1 rings (SSSR count). The fourth-order valence-electron chi connectivity index (χ4n) is 1.94. The topological polar surface area (TPSA) is 23.1 Å². The summed E-state index contributed by atoms with van der Waals surface area (Å²) in [6, 6.07) is 0. The van der Waals surface area contributed by atoms with E-state index in [2.05, 4.69) is 53.3 Å². The quantitative estimate of drug-likeness (QED) is 0.426. The summed E-state index contributed by atoms with van der Waals surface area (Å²) in [4.78, 5) is 0. The molecule has 0 aromatic heterocycles. The normalized spacial score (nSPS) is 16.4. The molecule has 0 amide bonds. The van der Waals surface area contributed by atoms with E-state index in [1.54, 1.807) is 6.08 Å². The van der Waals surface area contributed by atoms with Crippen LogP contribution < -0.4 is 24.0 Å². The Labute approximate surface area is 158 Å². The van der Waals surface area contributed by atoms with Crippen molar-refractivity contribution in [1.29, 1.82) is 0 Å². The molecule has 0 aromatic rings. The molecule has 1 saturated carbocycles. The van der Waals surface area contributed by atoms with E-state index < -0.39 is 6.10 Å². The predicted molar refractivity (Wildman–Crippen MR) is 81.4 cm³/mol. The van der Waals surface area contributed by atoms with Crippen LogP contribution in [0.15, 0.2) is 11.8 Å². The van der Waals surface area contributed by atoms with Crippen molar-refractivity contribution in [2.75, 3.05) is 0 Å². The van der Waals surface area contributed by atoms with Crippen LogP contribution in [-0.2, 0) is 19.5 Å². The van der Waals surface area contributed by atoms with Gasteiger partial charge in [-0.1, -0.05) is 64.2 Å². The number of hydrogen-bond acceptors (Lipinski definition) is 1. The Bertz CT molecular complexity index is 279. The van der Waals surface area contributed by atoms with Gasteiger partial charge < -0.3 is 16.8 Å². The first-order valence-corrected chi connectivity index (χ1v) is 7.51. The van der Waals surface area contributed by atoms with Crippen molar-refractivity contribution >= 4 is 0 Å². The SMILES string of the molecule is CC(C)(C)[C-]=C=CC([O-])C1CCCCC1.C[C-](C)C.[Li+].[Zn+2]. The minimum absolute atomic E-state index is 0. The third-order valence-corrected chi connectivity index (χ3v) is 2.81. The zero-order valence-corrected chi connectivity index (χ0v) is 18.4. The first kappa shape index (κ1) is 26.6. The van der Waals surface area contributed by atoms with E-state index in [4.69, 9.17) is 0 Å². The molecule has 0 aliphatic heterocycles. The van der Waals surface area contributed by atoms with Crippen LogP contribution in [-0.4, -0.2) is 6.10 Å². The van der Waals surface area contributed by atoms with Crippen LogP contribution in [0.4, 0.5) is 0 Å². The van der Waals surface area contributed by atoms with Gasteiger partial charge in [-0.25, -0.2) is 12.2 Å². The second kappa shape index (κ2) is 14.3. The summed E-state index contributed by atoms with van der Waals surface area (Å²) >= 11 is 0. The molecule has 112 valence electrons. The first-order chi connectivity index (χ1) is 8.72. The van der Waals surface area contributed by atoms with E-state index >= 15 is 0 Å². The van der Waals surface area contributed by atoms with E-state index in [1.165, 1.54) is 25.2 Å². The van der Waals surface area contributed by atoms with Gasteiger partial charge in [0.2, 0.25) is 0 Å². The molecule has 0 spiro atoms. The maximum Gasteiger partial charge on any atom is 2.00 e. The molecule has 1 unspecified atom stereocenters. The molecular formula is C18H31LiOZn. The van der Waals surface area contributed by atoms with Gasteiger partial charge in [0.25, 0.3) is 0 Å². The molecule has 0 aromatic carbocycles. The third-order valence-electron chi connectivity index (χ3n) is 2.81. The largest absolute Gasteiger partial charge is 2.00 e. The van der Waals surface area contributed by atoms with Gasteiger partial charge in [-0.15, -0.1) is 0 Å². The van der Waals surface area contributed by atoms with Crippen LogP contribution >= 0.6 is 0 Å². The average molecular weight is 336 g/mol. The maximum absolute atomic E-state index is 11.8. The number of hydrogen-bond donors (Lipinski definition) is 0. The van der Waals surface area contributed by atoms with E-state index in [9.17, 15) is 5.11 Å². The Hall–Kier alpha value is 0.701. The Morgan fingerprint density at radius 1 is 1.14 bits per heavy atom. The second-order valence-electron chi connectivity index (χ2n) is 7.05. The van der Waals surface area contributed by atoms with Gasteiger partial charge in [0.05, 0.1) is 0 Å². The molecular weight excluding hydrogens is 305 g/mol. The standard InChI is InChI=1S/C14H22O.C4H9.Li.Zn/c1-14(2,3)11-7-10-13(15)12-8-5-4-6-9-12;1-4(2)3;;/h10,12-13H,4-6,8-9H2,1-3H3;1-3H3;;/q-2;-1;+1;+2. The van der Waals surface area contributed by atoms with Gasteiger partial charge in [0, 0.05) is 0 Å².